The van der Waals surface area contributed by atoms with E-state index in [2.05, 4.69) is 10.4 Å². The van der Waals surface area contributed by atoms with Crippen molar-refractivity contribution in [2.45, 2.75) is 27.2 Å². The minimum Gasteiger partial charge on any atom is -0.352 e. The SMILES string of the molecule is CCNC(=O)c1c(C)nn(-c2ccc(F)cc2)c1CC. The largest absolute Gasteiger partial charge is 0.352 e. The van der Waals surface area contributed by atoms with Crippen LogP contribution in [0.15, 0.2) is 24.3 Å². The molecule has 0 saturated carbocycles. The fourth-order valence-corrected chi connectivity index (χ4v) is 2.24. The molecule has 2 aromatic rings. The predicted molar refractivity (Wildman–Crippen MR) is 75.6 cm³/mol. The fourth-order valence-electron chi connectivity index (χ4n) is 2.24. The normalized spacial score (nSPS) is 10.6. The lowest BCUT2D eigenvalue weighted by Gasteiger charge is -2.08. The summed E-state index contributed by atoms with van der Waals surface area (Å²) in [5.74, 6) is -0.408. The summed E-state index contributed by atoms with van der Waals surface area (Å²) in [6, 6.07) is 6.08. The molecule has 0 aliphatic carbocycles. The molecule has 0 fully saturated rings. The molecule has 5 heteroatoms. The maximum absolute atomic E-state index is 13.0. The predicted octanol–water partition coefficient (Wildman–Crippen LogP) is 2.63. The molecule has 20 heavy (non-hydrogen) atoms. The van der Waals surface area contributed by atoms with Gasteiger partial charge in [-0.15, -0.1) is 0 Å². The molecule has 1 N–H and O–H groups in total. The average molecular weight is 275 g/mol. The molecule has 106 valence electrons. The van der Waals surface area contributed by atoms with Crippen LogP contribution in [0.1, 0.15) is 35.6 Å². The van der Waals surface area contributed by atoms with Crippen LogP contribution < -0.4 is 5.32 Å². The topological polar surface area (TPSA) is 46.9 Å². The number of hydrogen-bond acceptors (Lipinski definition) is 2. The third-order valence-electron chi connectivity index (χ3n) is 3.13. The van der Waals surface area contributed by atoms with E-state index in [9.17, 15) is 9.18 Å². The van der Waals surface area contributed by atoms with Crippen molar-refractivity contribution in [2.75, 3.05) is 6.54 Å². The quantitative estimate of drug-likeness (QED) is 0.932. The third kappa shape index (κ3) is 2.57. The summed E-state index contributed by atoms with van der Waals surface area (Å²) in [5, 5.41) is 7.22. The highest BCUT2D eigenvalue weighted by atomic mass is 19.1. The fraction of sp³-hybridized carbons (Fsp3) is 0.333. The van der Waals surface area contributed by atoms with Crippen molar-refractivity contribution in [3.63, 3.8) is 0 Å². The van der Waals surface area contributed by atoms with Crippen LogP contribution in [0.2, 0.25) is 0 Å². The van der Waals surface area contributed by atoms with Gasteiger partial charge in [-0.25, -0.2) is 9.07 Å². The van der Waals surface area contributed by atoms with Gasteiger partial charge in [-0.1, -0.05) is 6.92 Å². The van der Waals surface area contributed by atoms with Crippen LogP contribution >= 0.6 is 0 Å². The maximum Gasteiger partial charge on any atom is 0.255 e. The zero-order valence-corrected chi connectivity index (χ0v) is 11.9. The highest BCUT2D eigenvalue weighted by Crippen LogP contribution is 2.19. The second-order valence-corrected chi connectivity index (χ2v) is 4.51. The van der Waals surface area contributed by atoms with Crippen molar-refractivity contribution in [3.05, 3.63) is 47.0 Å². The smallest absolute Gasteiger partial charge is 0.255 e. The van der Waals surface area contributed by atoms with Gasteiger partial charge >= 0.3 is 0 Å². The lowest BCUT2D eigenvalue weighted by atomic mass is 10.1. The van der Waals surface area contributed by atoms with E-state index in [-0.39, 0.29) is 11.7 Å². The van der Waals surface area contributed by atoms with E-state index in [4.69, 9.17) is 0 Å². The number of carbonyl (C=O) groups is 1. The molecule has 0 saturated heterocycles. The second-order valence-electron chi connectivity index (χ2n) is 4.51. The maximum atomic E-state index is 13.0. The third-order valence-corrected chi connectivity index (χ3v) is 3.13. The Morgan fingerprint density at radius 1 is 1.30 bits per heavy atom. The van der Waals surface area contributed by atoms with Gasteiger partial charge in [0, 0.05) is 6.54 Å². The minimum absolute atomic E-state index is 0.116. The van der Waals surface area contributed by atoms with Crippen LogP contribution in [0.3, 0.4) is 0 Å². The molecule has 0 aliphatic heterocycles. The molecule has 0 aliphatic rings. The van der Waals surface area contributed by atoms with Crippen LogP contribution in [0.4, 0.5) is 4.39 Å². The molecule has 1 aromatic carbocycles. The zero-order chi connectivity index (χ0) is 14.7. The minimum atomic E-state index is -0.292. The Balaban J connectivity index is 2.52. The Bertz CT molecular complexity index is 617. The van der Waals surface area contributed by atoms with Gasteiger partial charge in [-0.05, 0) is 44.5 Å². The lowest BCUT2D eigenvalue weighted by Crippen LogP contribution is -2.24. The number of rotatable bonds is 4. The van der Waals surface area contributed by atoms with E-state index in [1.165, 1.54) is 12.1 Å². The second kappa shape index (κ2) is 5.86. The van der Waals surface area contributed by atoms with Crippen LogP contribution in [0.5, 0.6) is 0 Å². The summed E-state index contributed by atoms with van der Waals surface area (Å²) in [4.78, 5) is 12.1. The molecule has 0 atom stereocenters. The van der Waals surface area contributed by atoms with Gasteiger partial charge in [0.2, 0.25) is 0 Å². The highest BCUT2D eigenvalue weighted by molar-refractivity contribution is 5.96. The van der Waals surface area contributed by atoms with Crippen LogP contribution in [-0.4, -0.2) is 22.2 Å². The zero-order valence-electron chi connectivity index (χ0n) is 11.9. The van der Waals surface area contributed by atoms with E-state index < -0.39 is 0 Å². The van der Waals surface area contributed by atoms with Crippen LogP contribution in [0.25, 0.3) is 5.69 Å². The number of carbonyl (C=O) groups excluding carboxylic acids is 1. The Hall–Kier alpha value is -2.17. The van der Waals surface area contributed by atoms with E-state index in [1.54, 1.807) is 16.8 Å². The molecule has 0 unspecified atom stereocenters. The molecule has 1 amide bonds. The summed E-state index contributed by atoms with van der Waals surface area (Å²) < 4.78 is 14.7. The standard InChI is InChI=1S/C15H18FN3O/c1-4-13-14(15(20)17-5-2)10(3)18-19(13)12-8-6-11(16)7-9-12/h6-9H,4-5H2,1-3H3,(H,17,20). The first-order chi connectivity index (χ1) is 9.58. The monoisotopic (exact) mass is 275 g/mol. The van der Waals surface area contributed by atoms with Crippen molar-refractivity contribution in [3.8, 4) is 5.69 Å². The number of nitrogens with zero attached hydrogens (tertiary/aromatic N) is 2. The van der Waals surface area contributed by atoms with Gasteiger partial charge in [0.15, 0.2) is 0 Å². The molecule has 0 spiro atoms. The number of halogens is 1. The van der Waals surface area contributed by atoms with Gasteiger partial charge in [0.05, 0.1) is 22.6 Å². The van der Waals surface area contributed by atoms with Crippen molar-refractivity contribution in [1.82, 2.24) is 15.1 Å². The van der Waals surface area contributed by atoms with Crippen LogP contribution in [0, 0.1) is 12.7 Å². The van der Waals surface area contributed by atoms with Gasteiger partial charge in [0.25, 0.3) is 5.91 Å². The molecule has 0 radical (unpaired) electrons. The molecule has 4 nitrogen and oxygen atoms in total. The van der Waals surface area contributed by atoms with E-state index in [0.29, 0.717) is 24.2 Å². The van der Waals surface area contributed by atoms with Crippen molar-refractivity contribution >= 4 is 5.91 Å². The lowest BCUT2D eigenvalue weighted by molar-refractivity contribution is 0.0954. The summed E-state index contributed by atoms with van der Waals surface area (Å²) >= 11 is 0. The first-order valence-electron chi connectivity index (χ1n) is 6.71. The van der Waals surface area contributed by atoms with Gasteiger partial charge in [0.1, 0.15) is 5.82 Å². The van der Waals surface area contributed by atoms with Gasteiger partial charge in [-0.2, -0.15) is 5.10 Å². The Morgan fingerprint density at radius 2 is 1.95 bits per heavy atom. The van der Waals surface area contributed by atoms with E-state index in [1.807, 2.05) is 20.8 Å². The molecule has 0 bridgehead atoms. The molecule has 1 heterocycles. The van der Waals surface area contributed by atoms with Crippen LogP contribution in [-0.2, 0) is 6.42 Å². The number of benzene rings is 1. The summed E-state index contributed by atoms with van der Waals surface area (Å²) in [5.41, 5.74) is 2.87. The average Bonchev–Trinajstić information content (AvgIpc) is 2.76. The van der Waals surface area contributed by atoms with Crippen molar-refractivity contribution in [1.29, 1.82) is 0 Å². The first kappa shape index (κ1) is 14.2. The van der Waals surface area contributed by atoms with Crippen molar-refractivity contribution < 1.29 is 9.18 Å². The molecular formula is C15H18FN3O. The number of amides is 1. The highest BCUT2D eigenvalue weighted by Gasteiger charge is 2.20. The van der Waals surface area contributed by atoms with E-state index >= 15 is 0 Å². The van der Waals surface area contributed by atoms with Crippen molar-refractivity contribution in [2.24, 2.45) is 0 Å². The molecule has 1 aromatic heterocycles. The number of hydrogen-bond donors (Lipinski definition) is 1. The van der Waals surface area contributed by atoms with Gasteiger partial charge in [-0.3, -0.25) is 4.79 Å². The van der Waals surface area contributed by atoms with E-state index in [0.717, 1.165) is 11.4 Å². The first-order valence-corrected chi connectivity index (χ1v) is 6.71. The summed E-state index contributed by atoms with van der Waals surface area (Å²) in [6.45, 7) is 6.23. The molecule has 2 rings (SSSR count). The summed E-state index contributed by atoms with van der Waals surface area (Å²) in [7, 11) is 0. The Morgan fingerprint density at radius 3 is 2.50 bits per heavy atom. The summed E-state index contributed by atoms with van der Waals surface area (Å²) in [6.07, 6.45) is 0.671. The molecular weight excluding hydrogens is 257 g/mol. The Kier molecular flexibility index (Phi) is 4.17. The number of aromatic nitrogens is 2. The number of aryl methyl sites for hydroxylation is 1. The Labute approximate surface area is 117 Å². The van der Waals surface area contributed by atoms with Gasteiger partial charge < -0.3 is 5.32 Å². The number of nitrogens with one attached hydrogen (secondary N) is 1.